The first-order valence-corrected chi connectivity index (χ1v) is 8.95. The number of hydrogen-bond donors (Lipinski definition) is 0. The molecule has 25 heavy (non-hydrogen) atoms. The first kappa shape index (κ1) is 14.7. The van der Waals surface area contributed by atoms with Crippen LogP contribution in [0.4, 0.5) is 0 Å². The highest BCUT2D eigenvalue weighted by Crippen LogP contribution is 2.41. The normalized spacial score (nSPS) is 11.8. The lowest BCUT2D eigenvalue weighted by Crippen LogP contribution is -1.91. The van der Waals surface area contributed by atoms with Crippen LogP contribution < -0.4 is 0 Å². The summed E-state index contributed by atoms with van der Waals surface area (Å²) in [6.45, 7) is 4.39. The summed E-state index contributed by atoms with van der Waals surface area (Å²) >= 11 is 6.10. The molecule has 0 saturated carbocycles. The molecule has 1 heteroatoms. The van der Waals surface area contributed by atoms with E-state index in [9.17, 15) is 0 Å². The largest absolute Gasteiger partial charge is 0.0843 e. The first-order chi connectivity index (χ1) is 12.1. The Balaban J connectivity index is 2.01. The predicted octanol–water partition coefficient (Wildman–Crippen LogP) is 7.52. The average molecular weight is 341 g/mol. The zero-order chi connectivity index (χ0) is 17.1. The van der Waals surface area contributed by atoms with Gasteiger partial charge < -0.3 is 0 Å². The molecule has 0 amide bonds. The summed E-state index contributed by atoms with van der Waals surface area (Å²) in [7, 11) is 0. The summed E-state index contributed by atoms with van der Waals surface area (Å²) in [5.74, 6) is 0. The maximum atomic E-state index is 6.10. The van der Waals surface area contributed by atoms with Gasteiger partial charge >= 0.3 is 0 Å². The molecule has 0 saturated heterocycles. The highest BCUT2D eigenvalue weighted by Gasteiger charge is 2.15. The van der Waals surface area contributed by atoms with Gasteiger partial charge in [0.25, 0.3) is 0 Å². The van der Waals surface area contributed by atoms with Crippen molar-refractivity contribution in [2.45, 2.75) is 13.8 Å². The quantitative estimate of drug-likeness (QED) is 0.277. The topological polar surface area (TPSA) is 0 Å². The molecular formula is C24H17Cl. The minimum atomic E-state index is 0.773. The van der Waals surface area contributed by atoms with E-state index < -0.39 is 0 Å². The van der Waals surface area contributed by atoms with Crippen LogP contribution in [-0.2, 0) is 0 Å². The summed E-state index contributed by atoms with van der Waals surface area (Å²) < 4.78 is 0. The minimum absolute atomic E-state index is 0.773. The molecule has 0 aliphatic heterocycles. The van der Waals surface area contributed by atoms with E-state index in [-0.39, 0.29) is 0 Å². The van der Waals surface area contributed by atoms with Gasteiger partial charge in [-0.15, -0.1) is 0 Å². The Bertz CT molecular complexity index is 1250. The molecule has 5 aromatic rings. The molecule has 0 aliphatic rings. The van der Waals surface area contributed by atoms with Crippen LogP contribution in [0, 0.1) is 13.8 Å². The van der Waals surface area contributed by atoms with Crippen molar-refractivity contribution in [1.29, 1.82) is 0 Å². The van der Waals surface area contributed by atoms with Gasteiger partial charge in [0.05, 0.1) is 0 Å². The molecule has 120 valence electrons. The van der Waals surface area contributed by atoms with Gasteiger partial charge in [0.2, 0.25) is 0 Å². The highest BCUT2D eigenvalue weighted by molar-refractivity contribution is 6.30. The van der Waals surface area contributed by atoms with Crippen molar-refractivity contribution < 1.29 is 0 Å². The average Bonchev–Trinajstić information content (AvgIpc) is 2.62. The van der Waals surface area contributed by atoms with Crippen LogP contribution >= 0.6 is 11.6 Å². The maximum Gasteiger partial charge on any atom is 0.0406 e. The standard InChI is InChI=1S/C24H17Cl/c1-14-3-4-17-5-6-18-13-15(2)22(16-7-9-19(25)10-8-16)21-12-11-20(14)23(17)24(18)21/h3-13H,1-2H3. The zero-order valence-electron chi connectivity index (χ0n) is 14.2. The number of rotatable bonds is 1. The van der Waals surface area contributed by atoms with E-state index in [0.717, 1.165) is 5.02 Å². The summed E-state index contributed by atoms with van der Waals surface area (Å²) in [6.07, 6.45) is 0. The molecule has 0 aromatic heterocycles. The monoisotopic (exact) mass is 340 g/mol. The van der Waals surface area contributed by atoms with Crippen molar-refractivity contribution in [1.82, 2.24) is 0 Å². The summed E-state index contributed by atoms with van der Waals surface area (Å²) in [5.41, 5.74) is 5.15. The Labute approximate surface area is 152 Å². The molecule has 0 nitrogen and oxygen atoms in total. The third-order valence-electron chi connectivity index (χ3n) is 5.33. The fraction of sp³-hybridized carbons (Fsp3) is 0.0833. The molecule has 0 heterocycles. The number of halogens is 1. The van der Waals surface area contributed by atoms with Gasteiger partial charge in [-0.1, -0.05) is 66.2 Å². The third-order valence-corrected chi connectivity index (χ3v) is 5.58. The van der Waals surface area contributed by atoms with Crippen molar-refractivity contribution in [3.63, 3.8) is 0 Å². The molecule has 0 bridgehead atoms. The van der Waals surface area contributed by atoms with Crippen LogP contribution in [0.25, 0.3) is 43.4 Å². The number of aryl methyl sites for hydroxylation is 2. The van der Waals surface area contributed by atoms with Crippen molar-refractivity contribution in [3.8, 4) is 11.1 Å². The zero-order valence-corrected chi connectivity index (χ0v) is 15.0. The van der Waals surface area contributed by atoms with E-state index in [2.05, 4.69) is 68.4 Å². The second kappa shape index (κ2) is 5.21. The molecule has 0 radical (unpaired) electrons. The van der Waals surface area contributed by atoms with Gasteiger partial charge in [0.15, 0.2) is 0 Å². The summed E-state index contributed by atoms with van der Waals surface area (Å²) in [5, 5.41) is 8.82. The van der Waals surface area contributed by atoms with Gasteiger partial charge in [-0.05, 0) is 80.6 Å². The Morgan fingerprint density at radius 1 is 0.600 bits per heavy atom. The van der Waals surface area contributed by atoms with Gasteiger partial charge in [0.1, 0.15) is 0 Å². The van der Waals surface area contributed by atoms with E-state index in [0.29, 0.717) is 0 Å². The van der Waals surface area contributed by atoms with Crippen LogP contribution in [-0.4, -0.2) is 0 Å². The second-order valence-corrected chi connectivity index (χ2v) is 7.32. The van der Waals surface area contributed by atoms with E-state index in [1.807, 2.05) is 12.1 Å². The van der Waals surface area contributed by atoms with Crippen LogP contribution in [0.15, 0.2) is 66.7 Å². The van der Waals surface area contributed by atoms with Gasteiger partial charge in [-0.3, -0.25) is 0 Å². The molecular weight excluding hydrogens is 324 g/mol. The Hall–Kier alpha value is -2.57. The molecule has 0 atom stereocenters. The van der Waals surface area contributed by atoms with Gasteiger partial charge in [-0.2, -0.15) is 0 Å². The maximum absolute atomic E-state index is 6.10. The Morgan fingerprint density at radius 3 is 2.04 bits per heavy atom. The molecule has 5 aromatic carbocycles. The number of benzene rings is 5. The lowest BCUT2D eigenvalue weighted by Gasteiger charge is -2.17. The Morgan fingerprint density at radius 2 is 1.24 bits per heavy atom. The summed E-state index contributed by atoms with van der Waals surface area (Å²) in [6, 6.07) is 24.0. The second-order valence-electron chi connectivity index (χ2n) is 6.88. The molecule has 0 unspecified atom stereocenters. The van der Waals surface area contributed by atoms with Crippen molar-refractivity contribution in [3.05, 3.63) is 82.9 Å². The lowest BCUT2D eigenvalue weighted by atomic mass is 9.86. The molecule has 0 spiro atoms. The lowest BCUT2D eigenvalue weighted by molar-refractivity contribution is 1.50. The third kappa shape index (κ3) is 2.08. The highest BCUT2D eigenvalue weighted by atomic mass is 35.5. The van der Waals surface area contributed by atoms with Gasteiger partial charge in [0, 0.05) is 5.02 Å². The van der Waals surface area contributed by atoms with E-state index in [1.165, 1.54) is 54.6 Å². The van der Waals surface area contributed by atoms with Gasteiger partial charge in [-0.25, -0.2) is 0 Å². The van der Waals surface area contributed by atoms with Crippen molar-refractivity contribution in [2.75, 3.05) is 0 Å². The van der Waals surface area contributed by atoms with Crippen LogP contribution in [0.3, 0.4) is 0 Å². The summed E-state index contributed by atoms with van der Waals surface area (Å²) in [4.78, 5) is 0. The minimum Gasteiger partial charge on any atom is -0.0843 e. The number of hydrogen-bond acceptors (Lipinski definition) is 0. The Kier molecular flexibility index (Phi) is 3.07. The molecule has 0 aliphatic carbocycles. The fourth-order valence-corrected chi connectivity index (χ4v) is 4.29. The van der Waals surface area contributed by atoms with E-state index in [4.69, 9.17) is 11.6 Å². The fourth-order valence-electron chi connectivity index (χ4n) is 4.17. The SMILES string of the molecule is Cc1cc2ccc3ccc(C)c4ccc(c1-c1ccc(Cl)cc1)c2c34. The molecule has 5 rings (SSSR count). The van der Waals surface area contributed by atoms with Crippen LogP contribution in [0.1, 0.15) is 11.1 Å². The van der Waals surface area contributed by atoms with Crippen molar-refractivity contribution in [2.24, 2.45) is 0 Å². The van der Waals surface area contributed by atoms with Crippen LogP contribution in [0.2, 0.25) is 5.02 Å². The predicted molar refractivity (Wildman–Crippen MR) is 110 cm³/mol. The van der Waals surface area contributed by atoms with Crippen molar-refractivity contribution >= 4 is 43.9 Å². The van der Waals surface area contributed by atoms with E-state index >= 15 is 0 Å². The molecule has 0 fully saturated rings. The van der Waals surface area contributed by atoms with Crippen LogP contribution in [0.5, 0.6) is 0 Å². The molecule has 0 N–H and O–H groups in total. The first-order valence-electron chi connectivity index (χ1n) is 8.57. The van der Waals surface area contributed by atoms with E-state index in [1.54, 1.807) is 0 Å². The smallest absolute Gasteiger partial charge is 0.0406 e.